The third kappa shape index (κ3) is 5.26. The van der Waals surface area contributed by atoms with Gasteiger partial charge in [0.25, 0.3) is 0 Å². The maximum atomic E-state index is 14.1. The number of benzene rings is 4. The second-order valence-corrected chi connectivity index (χ2v) is 8.11. The molecule has 0 spiro atoms. The minimum Gasteiger partial charge on any atom is -0.398 e. The summed E-state index contributed by atoms with van der Waals surface area (Å²) in [5, 5.41) is 8.99. The highest BCUT2D eigenvalue weighted by atomic mass is 19.1. The Balaban J connectivity index is 1.70. The molecule has 4 nitrogen and oxygen atoms in total. The van der Waals surface area contributed by atoms with Gasteiger partial charge in [-0.05, 0) is 53.1 Å². The lowest BCUT2D eigenvalue weighted by Gasteiger charge is -2.18. The Labute approximate surface area is 200 Å². The van der Waals surface area contributed by atoms with Crippen molar-refractivity contribution in [1.82, 2.24) is 5.32 Å². The summed E-state index contributed by atoms with van der Waals surface area (Å²) in [5.74, 6) is 0.259. The molecule has 0 amide bonds. The molecule has 0 aromatic heterocycles. The minimum absolute atomic E-state index is 0.325. The smallest absolute Gasteiger partial charge is 0.135 e. The lowest BCUT2D eigenvalue weighted by atomic mass is 10.0. The molecule has 0 radical (unpaired) electrons. The fraction of sp³-hybridized carbons (Fsp3) is 0.138. The molecule has 0 unspecified atom stereocenters. The average molecular weight is 453 g/mol. The van der Waals surface area contributed by atoms with Gasteiger partial charge in [-0.2, -0.15) is 0 Å². The Kier molecular flexibility index (Phi) is 7.23. The van der Waals surface area contributed by atoms with Crippen molar-refractivity contribution in [3.63, 3.8) is 0 Å². The van der Waals surface area contributed by atoms with Crippen LogP contribution in [0.15, 0.2) is 96.5 Å². The summed E-state index contributed by atoms with van der Waals surface area (Å²) < 4.78 is 14.1. The Morgan fingerprint density at radius 2 is 1.71 bits per heavy atom. The molecule has 5 heteroatoms. The van der Waals surface area contributed by atoms with Crippen molar-refractivity contribution in [1.29, 1.82) is 0 Å². The first-order valence-corrected chi connectivity index (χ1v) is 11.4. The zero-order valence-corrected chi connectivity index (χ0v) is 19.3. The highest BCUT2D eigenvalue weighted by molar-refractivity contribution is 6.07. The number of rotatable bonds is 8. The third-order valence-electron chi connectivity index (χ3n) is 5.64. The Morgan fingerprint density at radius 3 is 2.53 bits per heavy atom. The van der Waals surface area contributed by atoms with Crippen LogP contribution in [0.3, 0.4) is 0 Å². The molecule has 0 heterocycles. The average Bonchev–Trinajstić information content (AvgIpc) is 2.86. The van der Waals surface area contributed by atoms with Crippen molar-refractivity contribution in [2.24, 2.45) is 4.99 Å². The summed E-state index contributed by atoms with van der Waals surface area (Å²) in [4.78, 5) is 4.91. The fourth-order valence-corrected chi connectivity index (χ4v) is 3.89. The van der Waals surface area contributed by atoms with E-state index in [1.165, 1.54) is 17.5 Å². The first kappa shape index (κ1) is 23.1. The van der Waals surface area contributed by atoms with Crippen molar-refractivity contribution < 1.29 is 4.39 Å². The van der Waals surface area contributed by atoms with E-state index in [0.717, 1.165) is 35.2 Å². The number of hydrogen-bond donors (Lipinski definition) is 3. The minimum atomic E-state index is -0.325. The summed E-state index contributed by atoms with van der Waals surface area (Å²) in [5.41, 5.74) is 10.8. The Bertz CT molecular complexity index is 1340. The van der Waals surface area contributed by atoms with Crippen LogP contribution in [0.1, 0.15) is 30.0 Å². The van der Waals surface area contributed by atoms with Crippen molar-refractivity contribution in [2.75, 3.05) is 17.6 Å². The normalized spacial score (nSPS) is 11.4. The largest absolute Gasteiger partial charge is 0.398 e. The second-order valence-electron chi connectivity index (χ2n) is 8.11. The number of nitrogens with one attached hydrogen (secondary N) is 2. The summed E-state index contributed by atoms with van der Waals surface area (Å²) in [6.45, 7) is 7.51. The van der Waals surface area contributed by atoms with Crippen molar-refractivity contribution >= 4 is 33.7 Å². The molecule has 0 saturated heterocycles. The number of nitrogen functional groups attached to an aromatic ring is 1. The van der Waals surface area contributed by atoms with E-state index < -0.39 is 0 Å². The van der Waals surface area contributed by atoms with Crippen LogP contribution in [0.4, 0.5) is 15.8 Å². The summed E-state index contributed by atoms with van der Waals surface area (Å²) in [6.07, 6.45) is 0.953. The van der Waals surface area contributed by atoms with Gasteiger partial charge in [0.1, 0.15) is 11.7 Å². The van der Waals surface area contributed by atoms with Crippen molar-refractivity contribution in [2.45, 2.75) is 19.9 Å². The van der Waals surface area contributed by atoms with E-state index in [2.05, 4.69) is 48.4 Å². The van der Waals surface area contributed by atoms with Crippen LogP contribution < -0.4 is 16.4 Å². The first-order chi connectivity index (χ1) is 16.6. The van der Waals surface area contributed by atoms with Gasteiger partial charge in [-0.25, -0.2) is 4.39 Å². The van der Waals surface area contributed by atoms with E-state index in [0.29, 0.717) is 29.3 Å². The number of amidine groups is 1. The zero-order valence-electron chi connectivity index (χ0n) is 19.3. The maximum absolute atomic E-state index is 14.1. The molecule has 4 aromatic rings. The van der Waals surface area contributed by atoms with Gasteiger partial charge in [0.2, 0.25) is 0 Å². The number of para-hydroxylation sites is 1. The van der Waals surface area contributed by atoms with Gasteiger partial charge in [-0.3, -0.25) is 4.99 Å². The van der Waals surface area contributed by atoms with Crippen LogP contribution in [0.5, 0.6) is 0 Å². The molecule has 172 valence electrons. The van der Waals surface area contributed by atoms with Gasteiger partial charge >= 0.3 is 0 Å². The molecule has 0 aliphatic heterocycles. The highest BCUT2D eigenvalue weighted by Crippen LogP contribution is 2.24. The van der Waals surface area contributed by atoms with Gasteiger partial charge in [-0.1, -0.05) is 68.1 Å². The number of halogens is 1. The molecule has 0 bridgehead atoms. The van der Waals surface area contributed by atoms with Crippen LogP contribution in [0.2, 0.25) is 0 Å². The van der Waals surface area contributed by atoms with E-state index >= 15 is 0 Å². The summed E-state index contributed by atoms with van der Waals surface area (Å²) in [7, 11) is 0. The molecule has 34 heavy (non-hydrogen) atoms. The molecule has 0 aliphatic rings. The molecule has 4 rings (SSSR count). The van der Waals surface area contributed by atoms with Gasteiger partial charge < -0.3 is 16.4 Å². The van der Waals surface area contributed by atoms with Crippen LogP contribution in [0, 0.1) is 5.82 Å². The lowest BCUT2D eigenvalue weighted by Crippen LogP contribution is -2.24. The van der Waals surface area contributed by atoms with Crippen LogP contribution in [0.25, 0.3) is 16.5 Å². The molecule has 0 fully saturated rings. The highest BCUT2D eigenvalue weighted by Gasteiger charge is 2.13. The molecular weight excluding hydrogens is 423 g/mol. The quantitative estimate of drug-likeness (QED) is 0.161. The third-order valence-corrected chi connectivity index (χ3v) is 5.64. The standard InChI is InChI=1S/C29H29FN4/c1-3-17-32-28-16-15-23(30)18-26(28)20(2)34-29(25-13-6-7-14-27(25)31)33-19-22-11-8-10-21-9-4-5-12-24(21)22/h4-16,18,32H,2-3,17,19,31H2,1H3,(H,33,34). The van der Waals surface area contributed by atoms with Gasteiger partial charge in [-0.15, -0.1) is 0 Å². The predicted molar refractivity (Wildman–Crippen MR) is 142 cm³/mol. The summed E-state index contributed by atoms with van der Waals surface area (Å²) >= 11 is 0. The Morgan fingerprint density at radius 1 is 0.941 bits per heavy atom. The predicted octanol–water partition coefficient (Wildman–Crippen LogP) is 6.59. The van der Waals surface area contributed by atoms with E-state index in [1.54, 1.807) is 6.07 Å². The van der Waals surface area contributed by atoms with Crippen molar-refractivity contribution in [3.8, 4) is 0 Å². The van der Waals surface area contributed by atoms with Crippen molar-refractivity contribution in [3.05, 3.63) is 114 Å². The summed E-state index contributed by atoms with van der Waals surface area (Å²) in [6, 6.07) is 26.7. The van der Waals surface area contributed by atoms with Crippen LogP contribution in [-0.2, 0) is 6.54 Å². The second kappa shape index (κ2) is 10.7. The molecule has 4 N–H and O–H groups in total. The molecule has 0 aliphatic carbocycles. The molecular formula is C29H29FN4. The number of fused-ring (bicyclic) bond motifs is 1. The lowest BCUT2D eigenvalue weighted by molar-refractivity contribution is 0.627. The maximum Gasteiger partial charge on any atom is 0.135 e. The van der Waals surface area contributed by atoms with E-state index in [9.17, 15) is 4.39 Å². The topological polar surface area (TPSA) is 62.4 Å². The first-order valence-electron chi connectivity index (χ1n) is 11.4. The molecule has 0 saturated carbocycles. The van der Waals surface area contributed by atoms with Crippen LogP contribution in [-0.4, -0.2) is 12.4 Å². The van der Waals surface area contributed by atoms with Gasteiger partial charge in [0.05, 0.1) is 6.54 Å². The SMILES string of the molecule is C=C(NC(=NCc1cccc2ccccc12)c1ccccc1N)c1cc(F)ccc1NCCC. The van der Waals surface area contributed by atoms with E-state index in [4.69, 9.17) is 10.7 Å². The van der Waals surface area contributed by atoms with E-state index in [-0.39, 0.29) is 5.82 Å². The fourth-order valence-electron chi connectivity index (χ4n) is 3.89. The van der Waals surface area contributed by atoms with Gasteiger partial charge in [0, 0.05) is 34.7 Å². The zero-order chi connectivity index (χ0) is 23.9. The Hall–Kier alpha value is -4.12. The number of nitrogens with zero attached hydrogens (tertiary/aromatic N) is 1. The monoisotopic (exact) mass is 452 g/mol. The molecule has 0 atom stereocenters. The number of aliphatic imine (C=N–C) groups is 1. The molecule has 4 aromatic carbocycles. The number of hydrogen-bond acceptors (Lipinski definition) is 3. The van der Waals surface area contributed by atoms with Crippen LogP contribution >= 0.6 is 0 Å². The number of anilines is 2. The van der Waals surface area contributed by atoms with E-state index in [1.807, 2.05) is 42.5 Å². The number of nitrogens with two attached hydrogens (primary N) is 1. The van der Waals surface area contributed by atoms with Gasteiger partial charge in [0.15, 0.2) is 0 Å².